The smallest absolute Gasteiger partial charge is 0.252 e. The van der Waals surface area contributed by atoms with Gasteiger partial charge in [0.05, 0.1) is 4.90 Å². The number of rotatable bonds is 7. The maximum Gasteiger partial charge on any atom is 0.252 e. The van der Waals surface area contributed by atoms with E-state index in [9.17, 15) is 8.42 Å². The molecule has 0 amide bonds. The summed E-state index contributed by atoms with van der Waals surface area (Å²) in [6, 6.07) is 17.5. The highest BCUT2D eigenvalue weighted by Gasteiger charge is 2.21. The van der Waals surface area contributed by atoms with E-state index in [0.29, 0.717) is 13.0 Å². The van der Waals surface area contributed by atoms with Crippen LogP contribution in [-0.4, -0.2) is 23.2 Å². The summed E-state index contributed by atoms with van der Waals surface area (Å²) in [5, 5.41) is 12.9. The fourth-order valence-electron chi connectivity index (χ4n) is 2.67. The standard InChI is InChI=1S/C19H19N5O2S/c1-15-7-9-17(10-8-15)27(25,26)23-18(16-5-3-2-4-6-16)11-12-24-14-21-19(13-20)22-24/h2-10,14,18,23H,11-12H2,1H3/t18-/m0/s1. The van der Waals surface area contributed by atoms with Gasteiger partial charge < -0.3 is 0 Å². The zero-order valence-electron chi connectivity index (χ0n) is 14.8. The first-order valence-corrected chi connectivity index (χ1v) is 9.90. The topological polar surface area (TPSA) is 101 Å². The van der Waals surface area contributed by atoms with Gasteiger partial charge in [0.15, 0.2) is 0 Å². The van der Waals surface area contributed by atoms with Crippen LogP contribution in [-0.2, 0) is 16.6 Å². The molecule has 138 valence electrons. The fraction of sp³-hybridized carbons (Fsp3) is 0.211. The third-order valence-electron chi connectivity index (χ3n) is 4.11. The molecule has 27 heavy (non-hydrogen) atoms. The van der Waals surface area contributed by atoms with Crippen molar-refractivity contribution in [3.8, 4) is 6.07 Å². The minimum atomic E-state index is -3.68. The summed E-state index contributed by atoms with van der Waals surface area (Å²) in [5.74, 6) is 0.0893. The Balaban J connectivity index is 1.81. The van der Waals surface area contributed by atoms with Crippen molar-refractivity contribution in [2.24, 2.45) is 0 Å². The Bertz CT molecular complexity index is 1040. The van der Waals surface area contributed by atoms with Gasteiger partial charge in [-0.05, 0) is 31.0 Å². The SMILES string of the molecule is Cc1ccc(S(=O)(=O)N[C@@H](CCn2cnc(C#N)n2)c2ccccc2)cc1. The molecule has 0 aliphatic carbocycles. The van der Waals surface area contributed by atoms with E-state index in [0.717, 1.165) is 11.1 Å². The molecule has 1 atom stereocenters. The van der Waals surface area contributed by atoms with Crippen molar-refractivity contribution in [1.29, 1.82) is 5.26 Å². The van der Waals surface area contributed by atoms with Gasteiger partial charge in [-0.15, -0.1) is 5.10 Å². The molecule has 1 heterocycles. The molecule has 0 aliphatic rings. The van der Waals surface area contributed by atoms with Gasteiger partial charge in [-0.25, -0.2) is 18.1 Å². The molecular formula is C19H19N5O2S. The first kappa shape index (κ1) is 18.8. The minimum absolute atomic E-state index is 0.0893. The zero-order chi connectivity index (χ0) is 19.3. The maximum atomic E-state index is 12.8. The van der Waals surface area contributed by atoms with Gasteiger partial charge >= 0.3 is 0 Å². The third kappa shape index (κ3) is 4.78. The number of aryl methyl sites for hydroxylation is 2. The van der Waals surface area contributed by atoms with Crippen LogP contribution in [0.15, 0.2) is 65.8 Å². The maximum absolute atomic E-state index is 12.8. The van der Waals surface area contributed by atoms with Crippen LogP contribution in [0.25, 0.3) is 0 Å². The fourth-order valence-corrected chi connectivity index (χ4v) is 3.93. The molecule has 2 aromatic carbocycles. The highest BCUT2D eigenvalue weighted by molar-refractivity contribution is 7.89. The van der Waals surface area contributed by atoms with E-state index in [4.69, 9.17) is 5.26 Å². The van der Waals surface area contributed by atoms with E-state index in [1.807, 2.05) is 43.3 Å². The molecule has 1 aromatic heterocycles. The van der Waals surface area contributed by atoms with Crippen molar-refractivity contribution in [2.75, 3.05) is 0 Å². The van der Waals surface area contributed by atoms with E-state index in [2.05, 4.69) is 14.8 Å². The third-order valence-corrected chi connectivity index (χ3v) is 5.60. The Morgan fingerprint density at radius 3 is 2.48 bits per heavy atom. The van der Waals surface area contributed by atoms with Crippen LogP contribution >= 0.6 is 0 Å². The summed E-state index contributed by atoms with van der Waals surface area (Å²) >= 11 is 0. The average molecular weight is 381 g/mol. The summed E-state index contributed by atoms with van der Waals surface area (Å²) in [6.45, 7) is 2.33. The van der Waals surface area contributed by atoms with Crippen LogP contribution in [0.2, 0.25) is 0 Å². The van der Waals surface area contributed by atoms with E-state index in [1.165, 1.54) is 11.0 Å². The van der Waals surface area contributed by atoms with Crippen molar-refractivity contribution in [3.63, 3.8) is 0 Å². The van der Waals surface area contributed by atoms with E-state index >= 15 is 0 Å². The minimum Gasteiger partial charge on any atom is -0.252 e. The van der Waals surface area contributed by atoms with E-state index in [1.54, 1.807) is 24.3 Å². The molecule has 0 bridgehead atoms. The second-order valence-electron chi connectivity index (χ2n) is 6.13. The van der Waals surface area contributed by atoms with Crippen LogP contribution in [0.4, 0.5) is 0 Å². The average Bonchev–Trinajstić information content (AvgIpc) is 3.14. The Kier molecular flexibility index (Phi) is 5.64. The van der Waals surface area contributed by atoms with Crippen LogP contribution in [0, 0.1) is 18.3 Å². The molecule has 3 aromatic rings. The lowest BCUT2D eigenvalue weighted by Gasteiger charge is -2.19. The molecule has 0 aliphatic heterocycles. The number of nitrogens with one attached hydrogen (secondary N) is 1. The normalized spacial score (nSPS) is 12.4. The van der Waals surface area contributed by atoms with Gasteiger partial charge in [0, 0.05) is 12.6 Å². The lowest BCUT2D eigenvalue weighted by Crippen LogP contribution is -2.29. The van der Waals surface area contributed by atoms with Crippen molar-refractivity contribution in [3.05, 3.63) is 77.9 Å². The molecular weight excluding hydrogens is 362 g/mol. The first-order chi connectivity index (χ1) is 13.0. The van der Waals surface area contributed by atoms with Gasteiger partial charge in [-0.3, -0.25) is 4.68 Å². The summed E-state index contributed by atoms with van der Waals surface area (Å²) in [6.07, 6.45) is 1.93. The predicted octanol–water partition coefficient (Wildman–Crippen LogP) is 2.57. The summed E-state index contributed by atoms with van der Waals surface area (Å²) in [7, 11) is -3.68. The molecule has 3 rings (SSSR count). The molecule has 0 unspecified atom stereocenters. The summed E-state index contributed by atoms with van der Waals surface area (Å²) in [5.41, 5.74) is 1.85. The van der Waals surface area contributed by atoms with Crippen molar-refractivity contribution in [1.82, 2.24) is 19.5 Å². The van der Waals surface area contributed by atoms with Crippen LogP contribution in [0.1, 0.15) is 29.4 Å². The second kappa shape index (κ2) is 8.12. The van der Waals surface area contributed by atoms with Crippen molar-refractivity contribution >= 4 is 10.0 Å². The predicted molar refractivity (Wildman–Crippen MR) is 100 cm³/mol. The number of sulfonamides is 1. The largest absolute Gasteiger partial charge is 0.252 e. The van der Waals surface area contributed by atoms with Gasteiger partial charge in [0.2, 0.25) is 10.0 Å². The lowest BCUT2D eigenvalue weighted by atomic mass is 10.1. The first-order valence-electron chi connectivity index (χ1n) is 8.41. The van der Waals surface area contributed by atoms with Gasteiger partial charge in [0.1, 0.15) is 12.4 Å². The van der Waals surface area contributed by atoms with Gasteiger partial charge in [-0.2, -0.15) is 5.26 Å². The Hall–Kier alpha value is -3.02. The molecule has 0 fully saturated rings. The zero-order valence-corrected chi connectivity index (χ0v) is 15.6. The number of nitrogens with zero attached hydrogens (tertiary/aromatic N) is 4. The van der Waals surface area contributed by atoms with Gasteiger partial charge in [0.25, 0.3) is 5.82 Å². The van der Waals surface area contributed by atoms with Crippen LogP contribution in [0.5, 0.6) is 0 Å². The van der Waals surface area contributed by atoms with E-state index < -0.39 is 16.1 Å². The Labute approximate surface area is 158 Å². The van der Waals surface area contributed by atoms with Crippen LogP contribution in [0.3, 0.4) is 0 Å². The molecule has 8 heteroatoms. The quantitative estimate of drug-likeness (QED) is 0.678. The number of nitriles is 1. The van der Waals surface area contributed by atoms with Crippen LogP contribution < -0.4 is 4.72 Å². The van der Waals surface area contributed by atoms with E-state index in [-0.39, 0.29) is 10.7 Å². The molecule has 0 spiro atoms. The lowest BCUT2D eigenvalue weighted by molar-refractivity contribution is 0.485. The summed E-state index contributed by atoms with van der Waals surface area (Å²) in [4.78, 5) is 4.09. The molecule has 7 nitrogen and oxygen atoms in total. The molecule has 1 N–H and O–H groups in total. The van der Waals surface area contributed by atoms with Crippen molar-refractivity contribution < 1.29 is 8.42 Å². The summed E-state index contributed by atoms with van der Waals surface area (Å²) < 4.78 is 29.9. The van der Waals surface area contributed by atoms with Crippen molar-refractivity contribution in [2.45, 2.75) is 30.8 Å². The number of aromatic nitrogens is 3. The number of hydrogen-bond donors (Lipinski definition) is 1. The Morgan fingerprint density at radius 2 is 1.85 bits per heavy atom. The highest BCUT2D eigenvalue weighted by atomic mass is 32.2. The highest BCUT2D eigenvalue weighted by Crippen LogP contribution is 2.21. The Morgan fingerprint density at radius 1 is 1.15 bits per heavy atom. The van der Waals surface area contributed by atoms with Gasteiger partial charge in [-0.1, -0.05) is 48.0 Å². The molecule has 0 radical (unpaired) electrons. The second-order valence-corrected chi connectivity index (χ2v) is 7.84. The number of hydrogen-bond acceptors (Lipinski definition) is 5. The number of benzene rings is 2. The molecule has 0 saturated carbocycles. The molecule has 0 saturated heterocycles. The monoisotopic (exact) mass is 381 g/mol.